The van der Waals surface area contributed by atoms with E-state index in [0.29, 0.717) is 0 Å². The summed E-state index contributed by atoms with van der Waals surface area (Å²) in [5.74, 6) is 0. The van der Waals surface area contributed by atoms with E-state index in [1.54, 1.807) is 0 Å². The van der Waals surface area contributed by atoms with Crippen molar-refractivity contribution in [3.63, 3.8) is 0 Å². The molecular formula is C3H4BO. The Morgan fingerprint density at radius 2 is 2.20 bits per heavy atom. The summed E-state index contributed by atoms with van der Waals surface area (Å²) >= 11 is 0. The van der Waals surface area contributed by atoms with Gasteiger partial charge in [0.2, 0.25) is 0 Å². The zero-order valence-electron chi connectivity index (χ0n) is 2.81. The second-order valence-electron chi connectivity index (χ2n) is 0.629. The van der Waals surface area contributed by atoms with Crippen LogP contribution in [0.3, 0.4) is 0 Å². The van der Waals surface area contributed by atoms with Gasteiger partial charge in [0.05, 0.1) is 0 Å². The van der Waals surface area contributed by atoms with E-state index in [1.807, 2.05) is 0 Å². The topological polar surface area (TPSA) is 20.2 Å². The van der Waals surface area contributed by atoms with Crippen LogP contribution in [0.25, 0.3) is 0 Å². The van der Waals surface area contributed by atoms with Crippen molar-refractivity contribution in [2.24, 2.45) is 0 Å². The number of aliphatic hydroxyl groups excluding tert-OH is 1. The fourth-order valence-electron chi connectivity index (χ4n) is 0. The molecule has 0 atom stereocenters. The first-order valence-corrected chi connectivity index (χ1v) is 1.21. The second-order valence-corrected chi connectivity index (χ2v) is 0.629. The predicted octanol–water partition coefficient (Wildman–Crippen LogP) is -0.157. The van der Waals surface area contributed by atoms with Crippen LogP contribution in [0.4, 0.5) is 0 Å². The van der Waals surface area contributed by atoms with Crippen LogP contribution in [-0.2, 0) is 0 Å². The third kappa shape index (κ3) is 3.47. The van der Waals surface area contributed by atoms with Crippen LogP contribution in [-0.4, -0.2) is 18.2 Å². The Morgan fingerprint density at radius 3 is 2.20 bits per heavy atom. The van der Waals surface area contributed by atoms with Crippen molar-refractivity contribution in [2.75, 3.05) is 0 Å². The minimum atomic E-state index is -0.231. The molecule has 0 aliphatic rings. The zero-order valence-corrected chi connectivity index (χ0v) is 2.81. The van der Waals surface area contributed by atoms with E-state index in [-0.39, 0.29) is 5.65 Å². The van der Waals surface area contributed by atoms with Gasteiger partial charge in [-0.1, -0.05) is 0 Å². The van der Waals surface area contributed by atoms with Crippen LogP contribution >= 0.6 is 0 Å². The van der Waals surface area contributed by atoms with Crippen LogP contribution < -0.4 is 0 Å². The molecule has 0 aliphatic heterocycles. The Morgan fingerprint density at radius 1 is 2.00 bits per heavy atom. The third-order valence-corrected chi connectivity index (χ3v) is 0.209. The standard InChI is InChI=1S/C3H4BO/c1-2-3(4)5/h2,5H,1H2. The average molecular weight is 66.9 g/mol. The third-order valence-electron chi connectivity index (χ3n) is 0.209. The number of hydrogen-bond donors (Lipinski definition) is 1. The van der Waals surface area contributed by atoms with E-state index in [2.05, 4.69) is 14.1 Å². The fourth-order valence-corrected chi connectivity index (χ4v) is 0. The van der Waals surface area contributed by atoms with Gasteiger partial charge in [-0.25, -0.2) is 0 Å². The molecule has 0 saturated carbocycles. The van der Waals surface area contributed by atoms with Crippen molar-refractivity contribution in [1.82, 2.24) is 0 Å². The Kier molecular flexibility index (Phi) is 1.58. The molecule has 0 heterocycles. The molecule has 0 bridgehead atoms. The Hall–Kier alpha value is -0.525. The summed E-state index contributed by atoms with van der Waals surface area (Å²) in [5, 5.41) is 7.94. The van der Waals surface area contributed by atoms with Gasteiger partial charge in [-0.3, -0.25) is 0 Å². The summed E-state index contributed by atoms with van der Waals surface area (Å²) in [4.78, 5) is 0. The first-order chi connectivity index (χ1) is 2.27. The summed E-state index contributed by atoms with van der Waals surface area (Å²) in [7, 11) is 4.65. The normalized spacial score (nSPS) is 6.20. The molecule has 1 radical (unpaired) electrons. The molecule has 0 fully saturated rings. The van der Waals surface area contributed by atoms with Gasteiger partial charge in [-0.15, -0.1) is 0 Å². The van der Waals surface area contributed by atoms with Gasteiger partial charge < -0.3 is 0 Å². The molecule has 0 rings (SSSR count). The Balaban J connectivity index is 3.20. The summed E-state index contributed by atoms with van der Waals surface area (Å²) < 4.78 is 0. The van der Waals surface area contributed by atoms with Gasteiger partial charge in [0.1, 0.15) is 0 Å². The first kappa shape index (κ1) is 4.47. The second kappa shape index (κ2) is 1.76. The summed E-state index contributed by atoms with van der Waals surface area (Å²) in [6.07, 6.45) is 1.17. The molecule has 25 valence electrons. The fraction of sp³-hybridized carbons (Fsp3) is 0. The summed E-state index contributed by atoms with van der Waals surface area (Å²) in [6, 6.07) is 0. The minimum absolute atomic E-state index is 0.231. The SMILES string of the molecule is [B]=C(O)C=C. The van der Waals surface area contributed by atoms with E-state index in [1.165, 1.54) is 6.08 Å². The molecule has 1 nitrogen and oxygen atoms in total. The van der Waals surface area contributed by atoms with Gasteiger partial charge in [-0.05, 0) is 0 Å². The quantitative estimate of drug-likeness (QED) is 0.422. The van der Waals surface area contributed by atoms with Gasteiger partial charge in [0.15, 0.2) is 0 Å². The van der Waals surface area contributed by atoms with Gasteiger partial charge in [0, 0.05) is 0 Å². The van der Waals surface area contributed by atoms with Crippen molar-refractivity contribution in [1.29, 1.82) is 0 Å². The number of rotatable bonds is 1. The Labute approximate surface area is 32.0 Å². The van der Waals surface area contributed by atoms with Crippen molar-refractivity contribution < 1.29 is 5.11 Å². The molecule has 1 N–H and O–H groups in total. The van der Waals surface area contributed by atoms with Gasteiger partial charge in [-0.2, -0.15) is 0 Å². The van der Waals surface area contributed by atoms with Crippen LogP contribution in [0.1, 0.15) is 0 Å². The van der Waals surface area contributed by atoms with Crippen molar-refractivity contribution >= 4 is 13.1 Å². The Bertz CT molecular complexity index is 57.9. The van der Waals surface area contributed by atoms with Crippen molar-refractivity contribution in [3.8, 4) is 0 Å². The van der Waals surface area contributed by atoms with E-state index < -0.39 is 0 Å². The van der Waals surface area contributed by atoms with E-state index in [4.69, 9.17) is 5.11 Å². The predicted molar refractivity (Wildman–Crippen MR) is 22.9 cm³/mol. The van der Waals surface area contributed by atoms with E-state index >= 15 is 0 Å². The van der Waals surface area contributed by atoms with Crippen LogP contribution in [0, 0.1) is 0 Å². The van der Waals surface area contributed by atoms with Crippen LogP contribution in [0.15, 0.2) is 12.7 Å². The zero-order chi connectivity index (χ0) is 4.28. The number of hydrogen-bond acceptors (Lipinski definition) is 1. The molecule has 0 aromatic carbocycles. The molecule has 0 saturated heterocycles. The molecule has 0 aliphatic carbocycles. The molecule has 5 heavy (non-hydrogen) atoms. The maximum atomic E-state index is 7.94. The average Bonchev–Trinajstić information content (AvgIpc) is 1.38. The summed E-state index contributed by atoms with van der Waals surface area (Å²) in [5.41, 5.74) is -0.231. The van der Waals surface area contributed by atoms with Gasteiger partial charge in [0.25, 0.3) is 0 Å². The van der Waals surface area contributed by atoms with Crippen LogP contribution in [0.5, 0.6) is 0 Å². The van der Waals surface area contributed by atoms with Crippen LogP contribution in [0.2, 0.25) is 0 Å². The molecule has 0 unspecified atom stereocenters. The van der Waals surface area contributed by atoms with Crippen molar-refractivity contribution in [3.05, 3.63) is 12.7 Å². The van der Waals surface area contributed by atoms with E-state index in [0.717, 1.165) is 0 Å². The summed E-state index contributed by atoms with van der Waals surface area (Å²) in [6.45, 7) is 3.15. The maximum absolute atomic E-state index is 7.94. The first-order valence-electron chi connectivity index (χ1n) is 1.21. The monoisotopic (exact) mass is 67.0 g/mol. The van der Waals surface area contributed by atoms with E-state index in [9.17, 15) is 0 Å². The van der Waals surface area contributed by atoms with Crippen molar-refractivity contribution in [2.45, 2.75) is 0 Å². The molecule has 0 aromatic heterocycles. The van der Waals surface area contributed by atoms with Gasteiger partial charge >= 0.3 is 30.9 Å². The number of aliphatic hydroxyl groups is 1. The molecule has 0 aromatic rings. The molecular weight excluding hydrogens is 62.8 g/mol. The molecule has 0 spiro atoms. The molecule has 2 heteroatoms. The molecule has 0 amide bonds.